The van der Waals surface area contributed by atoms with Gasteiger partial charge in [0.05, 0.1) is 16.6 Å². The highest BCUT2D eigenvalue weighted by molar-refractivity contribution is 9.10. The van der Waals surface area contributed by atoms with Crippen LogP contribution in [0.15, 0.2) is 22.7 Å². The molecule has 0 fully saturated rings. The van der Waals surface area contributed by atoms with Crippen molar-refractivity contribution in [1.29, 1.82) is 0 Å². The fraction of sp³-hybridized carbons (Fsp3) is 0.429. The molecule has 110 valence electrons. The minimum absolute atomic E-state index is 0.0113. The van der Waals surface area contributed by atoms with Gasteiger partial charge in [-0.25, -0.2) is 4.39 Å². The lowest BCUT2D eigenvalue weighted by molar-refractivity contribution is -0.122. The molecule has 0 saturated carbocycles. The van der Waals surface area contributed by atoms with Gasteiger partial charge in [0.2, 0.25) is 5.91 Å². The molecule has 6 heteroatoms. The van der Waals surface area contributed by atoms with Gasteiger partial charge < -0.3 is 10.2 Å². The molecule has 0 spiro atoms. The van der Waals surface area contributed by atoms with Gasteiger partial charge >= 0.3 is 0 Å². The number of rotatable bonds is 5. The van der Waals surface area contributed by atoms with Crippen LogP contribution < -0.4 is 5.32 Å². The van der Waals surface area contributed by atoms with Crippen molar-refractivity contribution in [3.8, 4) is 0 Å². The SMILES string of the molecule is CCN(CC(=O)NC(C)C)C(=O)c1cccc(F)c1Br. The lowest BCUT2D eigenvalue weighted by Gasteiger charge is -2.21. The van der Waals surface area contributed by atoms with Crippen molar-refractivity contribution >= 4 is 27.7 Å². The van der Waals surface area contributed by atoms with Crippen molar-refractivity contribution in [2.75, 3.05) is 13.1 Å². The van der Waals surface area contributed by atoms with Crippen molar-refractivity contribution < 1.29 is 14.0 Å². The second kappa shape index (κ2) is 7.38. The van der Waals surface area contributed by atoms with Crippen LogP contribution >= 0.6 is 15.9 Å². The molecule has 0 atom stereocenters. The van der Waals surface area contributed by atoms with E-state index in [-0.39, 0.29) is 34.4 Å². The molecule has 4 nitrogen and oxygen atoms in total. The molecule has 1 aromatic carbocycles. The number of likely N-dealkylation sites (N-methyl/N-ethyl adjacent to an activating group) is 1. The molecule has 1 rings (SSSR count). The largest absolute Gasteiger partial charge is 0.352 e. The summed E-state index contributed by atoms with van der Waals surface area (Å²) in [6.45, 7) is 5.79. The van der Waals surface area contributed by atoms with E-state index in [2.05, 4.69) is 21.2 Å². The number of carbonyl (C=O) groups excluding carboxylic acids is 2. The summed E-state index contributed by atoms with van der Waals surface area (Å²) >= 11 is 3.06. The first kappa shape index (κ1) is 16.6. The zero-order chi connectivity index (χ0) is 15.3. The number of hydrogen-bond donors (Lipinski definition) is 1. The first-order valence-electron chi connectivity index (χ1n) is 6.39. The third-order valence-corrected chi connectivity index (χ3v) is 3.44. The molecule has 0 bridgehead atoms. The van der Waals surface area contributed by atoms with Gasteiger partial charge in [0.25, 0.3) is 5.91 Å². The van der Waals surface area contributed by atoms with Crippen LogP contribution in [0.1, 0.15) is 31.1 Å². The minimum Gasteiger partial charge on any atom is -0.352 e. The number of carbonyl (C=O) groups is 2. The molecule has 1 N–H and O–H groups in total. The average Bonchev–Trinajstić information content (AvgIpc) is 2.37. The topological polar surface area (TPSA) is 49.4 Å². The molecule has 0 aliphatic rings. The summed E-state index contributed by atoms with van der Waals surface area (Å²) in [5.74, 6) is -1.11. The van der Waals surface area contributed by atoms with Gasteiger partial charge in [0, 0.05) is 12.6 Å². The Labute approximate surface area is 126 Å². The van der Waals surface area contributed by atoms with Crippen LogP contribution in [0.5, 0.6) is 0 Å². The summed E-state index contributed by atoms with van der Waals surface area (Å²) in [6.07, 6.45) is 0. The fourth-order valence-corrected chi connectivity index (χ4v) is 2.14. The summed E-state index contributed by atoms with van der Waals surface area (Å²) in [6, 6.07) is 4.27. The summed E-state index contributed by atoms with van der Waals surface area (Å²) in [4.78, 5) is 25.4. The Hall–Kier alpha value is -1.43. The number of amides is 2. The van der Waals surface area contributed by atoms with Crippen molar-refractivity contribution in [1.82, 2.24) is 10.2 Å². The van der Waals surface area contributed by atoms with Crippen LogP contribution in [-0.2, 0) is 4.79 Å². The molecule has 0 aliphatic heterocycles. The number of nitrogens with zero attached hydrogens (tertiary/aromatic N) is 1. The van der Waals surface area contributed by atoms with E-state index < -0.39 is 5.82 Å². The predicted octanol–water partition coefficient (Wildman–Crippen LogP) is 2.57. The van der Waals surface area contributed by atoms with Crippen molar-refractivity contribution in [3.05, 3.63) is 34.1 Å². The van der Waals surface area contributed by atoms with Crippen LogP contribution in [0.2, 0.25) is 0 Å². The first-order chi connectivity index (χ1) is 9.36. The van der Waals surface area contributed by atoms with Crippen molar-refractivity contribution in [2.24, 2.45) is 0 Å². The van der Waals surface area contributed by atoms with Gasteiger partial charge in [-0.1, -0.05) is 6.07 Å². The molecule has 2 amide bonds. The molecular weight excluding hydrogens is 327 g/mol. The summed E-state index contributed by atoms with van der Waals surface area (Å²) in [5, 5.41) is 2.72. The first-order valence-corrected chi connectivity index (χ1v) is 7.18. The van der Waals surface area contributed by atoms with Crippen molar-refractivity contribution in [3.63, 3.8) is 0 Å². The normalized spacial score (nSPS) is 10.5. The minimum atomic E-state index is -0.501. The smallest absolute Gasteiger partial charge is 0.255 e. The second-order valence-corrected chi connectivity index (χ2v) is 5.44. The van der Waals surface area contributed by atoms with E-state index >= 15 is 0 Å². The number of hydrogen-bond acceptors (Lipinski definition) is 2. The Morgan fingerprint density at radius 2 is 2.05 bits per heavy atom. The predicted molar refractivity (Wildman–Crippen MR) is 79.0 cm³/mol. The number of nitrogens with one attached hydrogen (secondary N) is 1. The van der Waals surface area contributed by atoms with Crippen molar-refractivity contribution in [2.45, 2.75) is 26.8 Å². The van der Waals surface area contributed by atoms with E-state index in [1.807, 2.05) is 13.8 Å². The maximum atomic E-state index is 13.4. The van der Waals surface area contributed by atoms with Crippen LogP contribution in [0.4, 0.5) is 4.39 Å². The van der Waals surface area contributed by atoms with E-state index in [1.54, 1.807) is 6.92 Å². The van der Waals surface area contributed by atoms with Gasteiger partial charge in [-0.05, 0) is 48.8 Å². The van der Waals surface area contributed by atoms with Gasteiger partial charge in [0.15, 0.2) is 0 Å². The monoisotopic (exact) mass is 344 g/mol. The van der Waals surface area contributed by atoms with Crippen LogP contribution in [-0.4, -0.2) is 35.8 Å². The van der Waals surface area contributed by atoms with E-state index in [0.717, 1.165) is 0 Å². The molecule has 0 heterocycles. The van der Waals surface area contributed by atoms with E-state index in [1.165, 1.54) is 23.1 Å². The molecular formula is C14H18BrFN2O2. The molecule has 1 aromatic rings. The quantitative estimate of drug-likeness (QED) is 0.892. The maximum absolute atomic E-state index is 13.4. The summed E-state index contributed by atoms with van der Waals surface area (Å²) < 4.78 is 13.6. The van der Waals surface area contributed by atoms with Gasteiger partial charge in [-0.2, -0.15) is 0 Å². The van der Waals surface area contributed by atoms with Gasteiger partial charge in [-0.3, -0.25) is 9.59 Å². The highest BCUT2D eigenvalue weighted by Gasteiger charge is 2.20. The molecule has 0 aliphatic carbocycles. The average molecular weight is 345 g/mol. The molecule has 0 aromatic heterocycles. The molecule has 0 unspecified atom stereocenters. The lowest BCUT2D eigenvalue weighted by Crippen LogP contribution is -2.42. The second-order valence-electron chi connectivity index (χ2n) is 4.64. The van der Waals surface area contributed by atoms with E-state index in [0.29, 0.717) is 6.54 Å². The van der Waals surface area contributed by atoms with E-state index in [9.17, 15) is 14.0 Å². The maximum Gasteiger partial charge on any atom is 0.255 e. The standard InChI is InChI=1S/C14H18BrFN2O2/c1-4-18(8-12(19)17-9(2)3)14(20)10-6-5-7-11(16)13(10)15/h5-7,9H,4,8H2,1-3H3,(H,17,19). The van der Waals surface area contributed by atoms with Crippen LogP contribution in [0.3, 0.4) is 0 Å². The summed E-state index contributed by atoms with van der Waals surface area (Å²) in [7, 11) is 0. The Morgan fingerprint density at radius 3 is 2.60 bits per heavy atom. The Morgan fingerprint density at radius 1 is 1.40 bits per heavy atom. The third-order valence-electron chi connectivity index (χ3n) is 2.64. The highest BCUT2D eigenvalue weighted by atomic mass is 79.9. The Balaban J connectivity index is 2.87. The number of halogens is 2. The Bertz CT molecular complexity index is 506. The zero-order valence-corrected chi connectivity index (χ0v) is 13.3. The summed E-state index contributed by atoms with van der Waals surface area (Å²) in [5.41, 5.74) is 0.212. The fourth-order valence-electron chi connectivity index (χ4n) is 1.71. The zero-order valence-electron chi connectivity index (χ0n) is 11.7. The molecule has 0 radical (unpaired) electrons. The number of benzene rings is 1. The lowest BCUT2D eigenvalue weighted by atomic mass is 10.2. The molecule has 0 saturated heterocycles. The van der Waals surface area contributed by atoms with E-state index in [4.69, 9.17) is 0 Å². The van der Waals surface area contributed by atoms with Gasteiger partial charge in [0.1, 0.15) is 5.82 Å². The molecule has 20 heavy (non-hydrogen) atoms. The van der Waals surface area contributed by atoms with Gasteiger partial charge in [-0.15, -0.1) is 0 Å². The third kappa shape index (κ3) is 4.30. The van der Waals surface area contributed by atoms with Crippen LogP contribution in [0.25, 0.3) is 0 Å². The highest BCUT2D eigenvalue weighted by Crippen LogP contribution is 2.21. The van der Waals surface area contributed by atoms with Crippen LogP contribution in [0, 0.1) is 5.82 Å². The Kier molecular flexibility index (Phi) is 6.13.